The Labute approximate surface area is 62.6 Å². The summed E-state index contributed by atoms with van der Waals surface area (Å²) in [6.07, 6.45) is 3.37. The second kappa shape index (κ2) is 6.43. The van der Waals surface area contributed by atoms with E-state index in [0.29, 0.717) is 6.04 Å². The Morgan fingerprint density at radius 3 is 2.67 bits per heavy atom. The van der Waals surface area contributed by atoms with Gasteiger partial charge in [0.1, 0.15) is 0 Å². The molecule has 9 heavy (non-hydrogen) atoms. The van der Waals surface area contributed by atoms with Gasteiger partial charge in [-0.2, -0.15) is 11.8 Å². The molecule has 2 heteroatoms. The maximum Gasteiger partial charge on any atom is 0.00554 e. The lowest BCUT2D eigenvalue weighted by Gasteiger charge is -2.09. The fraction of sp³-hybridized carbons (Fsp3) is 1.00. The summed E-state index contributed by atoms with van der Waals surface area (Å²) in [6, 6.07) is 0.692. The molecule has 0 aliphatic rings. The number of nitrogens with one attached hydrogen (secondary N) is 1. The van der Waals surface area contributed by atoms with Gasteiger partial charge in [0, 0.05) is 18.3 Å². The zero-order valence-corrected chi connectivity index (χ0v) is 7.42. The van der Waals surface area contributed by atoms with Crippen molar-refractivity contribution in [1.82, 2.24) is 5.32 Å². The predicted octanol–water partition coefficient (Wildman–Crippen LogP) is 1.74. The number of hydrogen-bond acceptors (Lipinski definition) is 2. The van der Waals surface area contributed by atoms with Gasteiger partial charge in [-0.3, -0.25) is 0 Å². The number of rotatable bonds is 5. The Balaban J connectivity index is 2.88. The highest BCUT2D eigenvalue weighted by Crippen LogP contribution is 1.90. The molecule has 1 unspecified atom stereocenters. The predicted molar refractivity (Wildman–Crippen MR) is 46.1 cm³/mol. The Kier molecular flexibility index (Phi) is 6.65. The van der Waals surface area contributed by atoms with Crippen molar-refractivity contribution in [3.8, 4) is 0 Å². The molecule has 0 spiro atoms. The Morgan fingerprint density at radius 2 is 2.22 bits per heavy atom. The lowest BCUT2D eigenvalue weighted by Crippen LogP contribution is -2.27. The maximum absolute atomic E-state index is 3.41. The van der Waals surface area contributed by atoms with Crippen LogP contribution in [0.2, 0.25) is 0 Å². The summed E-state index contributed by atoms with van der Waals surface area (Å²) in [5.74, 6) is 1.23. The average molecular weight is 147 g/mol. The standard InChI is InChI=1S/C7H17NS/c1-4-7(2)8-5-6-9-3/h7-8H,4-6H2,1-3H3. The van der Waals surface area contributed by atoms with Crippen molar-refractivity contribution in [2.24, 2.45) is 0 Å². The lowest BCUT2D eigenvalue weighted by atomic mass is 10.3. The van der Waals surface area contributed by atoms with E-state index in [0.717, 1.165) is 6.54 Å². The molecule has 0 aromatic carbocycles. The molecule has 0 heterocycles. The van der Waals surface area contributed by atoms with Crippen molar-refractivity contribution >= 4 is 11.8 Å². The second-order valence-corrected chi connectivity index (χ2v) is 3.24. The van der Waals surface area contributed by atoms with Crippen molar-refractivity contribution in [3.05, 3.63) is 0 Å². The number of thioether (sulfide) groups is 1. The molecule has 0 amide bonds. The molecule has 0 aliphatic carbocycles. The van der Waals surface area contributed by atoms with Crippen LogP contribution in [0.4, 0.5) is 0 Å². The minimum atomic E-state index is 0.692. The summed E-state index contributed by atoms with van der Waals surface area (Å²) in [5.41, 5.74) is 0. The highest BCUT2D eigenvalue weighted by molar-refractivity contribution is 7.98. The van der Waals surface area contributed by atoms with E-state index >= 15 is 0 Å². The van der Waals surface area contributed by atoms with E-state index in [1.165, 1.54) is 12.2 Å². The normalized spacial score (nSPS) is 13.7. The molecule has 0 bridgehead atoms. The summed E-state index contributed by atoms with van der Waals surface area (Å²) in [4.78, 5) is 0. The largest absolute Gasteiger partial charge is 0.313 e. The van der Waals surface area contributed by atoms with Crippen molar-refractivity contribution in [2.45, 2.75) is 26.3 Å². The van der Waals surface area contributed by atoms with Gasteiger partial charge < -0.3 is 5.32 Å². The Bertz CT molecular complexity index is 56.9. The summed E-state index contributed by atoms with van der Waals surface area (Å²) in [6.45, 7) is 5.58. The molecule has 1 nitrogen and oxygen atoms in total. The van der Waals surface area contributed by atoms with Crippen molar-refractivity contribution in [2.75, 3.05) is 18.6 Å². The number of hydrogen-bond donors (Lipinski definition) is 1. The van der Waals surface area contributed by atoms with E-state index < -0.39 is 0 Å². The molecule has 0 saturated carbocycles. The molecular formula is C7H17NS. The third kappa shape index (κ3) is 6.19. The molecule has 0 rings (SSSR count). The van der Waals surface area contributed by atoms with Gasteiger partial charge in [0.05, 0.1) is 0 Å². The molecule has 1 N–H and O–H groups in total. The van der Waals surface area contributed by atoms with Gasteiger partial charge >= 0.3 is 0 Å². The van der Waals surface area contributed by atoms with Crippen molar-refractivity contribution in [3.63, 3.8) is 0 Å². The lowest BCUT2D eigenvalue weighted by molar-refractivity contribution is 0.555. The molecule has 0 aliphatic heterocycles. The Morgan fingerprint density at radius 1 is 1.56 bits per heavy atom. The first-order chi connectivity index (χ1) is 4.31. The van der Waals surface area contributed by atoms with E-state index in [2.05, 4.69) is 25.4 Å². The van der Waals surface area contributed by atoms with Crippen LogP contribution >= 0.6 is 11.8 Å². The van der Waals surface area contributed by atoms with Gasteiger partial charge in [-0.05, 0) is 19.6 Å². The first-order valence-electron chi connectivity index (χ1n) is 3.53. The minimum absolute atomic E-state index is 0.692. The van der Waals surface area contributed by atoms with Gasteiger partial charge in [0.2, 0.25) is 0 Å². The first-order valence-corrected chi connectivity index (χ1v) is 4.93. The van der Waals surface area contributed by atoms with Gasteiger partial charge in [0.15, 0.2) is 0 Å². The van der Waals surface area contributed by atoms with Crippen molar-refractivity contribution in [1.29, 1.82) is 0 Å². The zero-order valence-electron chi connectivity index (χ0n) is 6.61. The van der Waals surface area contributed by atoms with E-state index in [1.807, 2.05) is 11.8 Å². The van der Waals surface area contributed by atoms with Crippen LogP contribution in [-0.2, 0) is 0 Å². The van der Waals surface area contributed by atoms with Crippen LogP contribution in [0.3, 0.4) is 0 Å². The molecule has 56 valence electrons. The van der Waals surface area contributed by atoms with Gasteiger partial charge in [-0.15, -0.1) is 0 Å². The zero-order chi connectivity index (χ0) is 7.11. The smallest absolute Gasteiger partial charge is 0.00554 e. The summed E-state index contributed by atoms with van der Waals surface area (Å²) >= 11 is 1.89. The van der Waals surface area contributed by atoms with Gasteiger partial charge in [-0.25, -0.2) is 0 Å². The van der Waals surface area contributed by atoms with Crippen LogP contribution in [-0.4, -0.2) is 24.6 Å². The van der Waals surface area contributed by atoms with Gasteiger partial charge in [-0.1, -0.05) is 6.92 Å². The quantitative estimate of drug-likeness (QED) is 0.594. The SMILES string of the molecule is CCC(C)NCCSC. The van der Waals surface area contributed by atoms with E-state index in [1.54, 1.807) is 0 Å². The molecule has 1 atom stereocenters. The fourth-order valence-electron chi connectivity index (χ4n) is 0.552. The molecule has 0 saturated heterocycles. The van der Waals surface area contributed by atoms with Crippen LogP contribution in [0.1, 0.15) is 20.3 Å². The topological polar surface area (TPSA) is 12.0 Å². The molecule has 0 aromatic rings. The molecular weight excluding hydrogens is 130 g/mol. The molecule has 0 fully saturated rings. The summed E-state index contributed by atoms with van der Waals surface area (Å²) < 4.78 is 0. The first kappa shape index (κ1) is 9.31. The second-order valence-electron chi connectivity index (χ2n) is 2.26. The van der Waals surface area contributed by atoms with Crippen LogP contribution < -0.4 is 5.32 Å². The van der Waals surface area contributed by atoms with Crippen LogP contribution in [0.15, 0.2) is 0 Å². The van der Waals surface area contributed by atoms with Crippen LogP contribution in [0, 0.1) is 0 Å². The monoisotopic (exact) mass is 147 g/mol. The Hall–Kier alpha value is 0.310. The summed E-state index contributed by atoms with van der Waals surface area (Å²) in [7, 11) is 0. The maximum atomic E-state index is 3.41. The van der Waals surface area contributed by atoms with E-state index in [-0.39, 0.29) is 0 Å². The van der Waals surface area contributed by atoms with E-state index in [9.17, 15) is 0 Å². The van der Waals surface area contributed by atoms with Crippen LogP contribution in [0.5, 0.6) is 0 Å². The molecule has 0 radical (unpaired) electrons. The van der Waals surface area contributed by atoms with Gasteiger partial charge in [0.25, 0.3) is 0 Å². The third-order valence-electron chi connectivity index (χ3n) is 1.41. The fourth-order valence-corrected chi connectivity index (χ4v) is 0.874. The minimum Gasteiger partial charge on any atom is -0.313 e. The van der Waals surface area contributed by atoms with E-state index in [4.69, 9.17) is 0 Å². The van der Waals surface area contributed by atoms with Crippen molar-refractivity contribution < 1.29 is 0 Å². The highest BCUT2D eigenvalue weighted by Gasteiger charge is 1.93. The van der Waals surface area contributed by atoms with Crippen LogP contribution in [0.25, 0.3) is 0 Å². The summed E-state index contributed by atoms with van der Waals surface area (Å²) in [5, 5.41) is 3.41. The third-order valence-corrected chi connectivity index (χ3v) is 2.02. The average Bonchev–Trinajstić information content (AvgIpc) is 1.89. The molecule has 0 aromatic heterocycles. The highest BCUT2D eigenvalue weighted by atomic mass is 32.2.